The number of rotatable bonds is 3. The molecule has 13 heavy (non-hydrogen) atoms. The summed E-state index contributed by atoms with van der Waals surface area (Å²) in [6, 6.07) is 6.23. The van der Waals surface area contributed by atoms with E-state index in [4.69, 9.17) is 5.11 Å². The summed E-state index contributed by atoms with van der Waals surface area (Å²) >= 11 is 2.28. The maximum atomic E-state index is 9.11. The maximum absolute atomic E-state index is 9.11. The van der Waals surface area contributed by atoms with Gasteiger partial charge in [-0.05, 0) is 54.1 Å². The quantitative estimate of drug-likeness (QED) is 0.838. The van der Waals surface area contributed by atoms with Crippen LogP contribution in [0.4, 0.5) is 5.69 Å². The van der Waals surface area contributed by atoms with Gasteiger partial charge in [0.1, 0.15) is 0 Å². The minimum absolute atomic E-state index is 0.308. The zero-order valence-electron chi connectivity index (χ0n) is 7.84. The Labute approximate surface area is 92.5 Å². The second-order valence-electron chi connectivity index (χ2n) is 3.19. The molecular weight excluding hydrogens is 277 g/mol. The van der Waals surface area contributed by atoms with Gasteiger partial charge in [0.15, 0.2) is 0 Å². The third-order valence-electron chi connectivity index (χ3n) is 1.79. The van der Waals surface area contributed by atoms with E-state index in [2.05, 4.69) is 53.0 Å². The van der Waals surface area contributed by atoms with Gasteiger partial charge in [0.05, 0.1) is 6.10 Å². The van der Waals surface area contributed by atoms with E-state index in [1.807, 2.05) is 0 Å². The Morgan fingerprint density at radius 1 is 1.54 bits per heavy atom. The lowest BCUT2D eigenvalue weighted by atomic mass is 10.2. The van der Waals surface area contributed by atoms with Gasteiger partial charge in [-0.25, -0.2) is 0 Å². The number of aliphatic hydroxyl groups is 1. The molecule has 3 heteroatoms. The van der Waals surface area contributed by atoms with Gasteiger partial charge in [-0.1, -0.05) is 6.07 Å². The average molecular weight is 291 g/mol. The van der Waals surface area contributed by atoms with Crippen LogP contribution in [0.15, 0.2) is 18.2 Å². The lowest BCUT2D eigenvalue weighted by Gasteiger charge is -2.11. The molecule has 1 atom stereocenters. The fourth-order valence-corrected chi connectivity index (χ4v) is 1.53. The molecule has 0 aliphatic rings. The molecule has 2 nitrogen and oxygen atoms in total. The van der Waals surface area contributed by atoms with Gasteiger partial charge in [0.25, 0.3) is 0 Å². The lowest BCUT2D eigenvalue weighted by molar-refractivity contribution is 0.208. The number of nitrogens with one attached hydrogen (secondary N) is 1. The summed E-state index contributed by atoms with van der Waals surface area (Å²) in [5, 5.41) is 12.3. The highest BCUT2D eigenvalue weighted by Gasteiger charge is 1.99. The fourth-order valence-electron chi connectivity index (χ4n) is 1.04. The van der Waals surface area contributed by atoms with Crippen LogP contribution in [0.2, 0.25) is 0 Å². The summed E-state index contributed by atoms with van der Waals surface area (Å²) in [6.45, 7) is 4.43. The predicted molar refractivity (Wildman–Crippen MR) is 64.1 cm³/mol. The molecule has 0 fully saturated rings. The van der Waals surface area contributed by atoms with Crippen molar-refractivity contribution in [2.24, 2.45) is 0 Å². The molecule has 0 saturated carbocycles. The largest absolute Gasteiger partial charge is 0.392 e. The molecule has 1 aromatic rings. The standard InChI is InChI=1S/C10H14INO/c1-7-3-4-9(11)5-10(7)12-6-8(2)13/h3-5,8,12-13H,6H2,1-2H3/t8-/m1/s1. The molecule has 0 aliphatic heterocycles. The van der Waals surface area contributed by atoms with Gasteiger partial charge in [-0.2, -0.15) is 0 Å². The number of hydrogen-bond acceptors (Lipinski definition) is 2. The number of anilines is 1. The topological polar surface area (TPSA) is 32.3 Å². The van der Waals surface area contributed by atoms with Crippen LogP contribution < -0.4 is 5.32 Å². The average Bonchev–Trinajstić information content (AvgIpc) is 2.06. The van der Waals surface area contributed by atoms with E-state index in [9.17, 15) is 0 Å². The van der Waals surface area contributed by atoms with E-state index in [-0.39, 0.29) is 6.10 Å². The van der Waals surface area contributed by atoms with E-state index in [0.717, 1.165) is 5.69 Å². The first kappa shape index (κ1) is 10.8. The van der Waals surface area contributed by atoms with Gasteiger partial charge in [-0.15, -0.1) is 0 Å². The van der Waals surface area contributed by atoms with Crippen LogP contribution in [-0.2, 0) is 0 Å². The molecule has 1 rings (SSSR count). The number of aliphatic hydroxyl groups excluding tert-OH is 1. The molecule has 0 aromatic heterocycles. The molecule has 0 saturated heterocycles. The Bertz CT molecular complexity index is 286. The molecule has 72 valence electrons. The monoisotopic (exact) mass is 291 g/mol. The van der Waals surface area contributed by atoms with Gasteiger partial charge in [-0.3, -0.25) is 0 Å². The Morgan fingerprint density at radius 2 is 2.23 bits per heavy atom. The van der Waals surface area contributed by atoms with Gasteiger partial charge in [0.2, 0.25) is 0 Å². The van der Waals surface area contributed by atoms with Crippen LogP contribution in [0.25, 0.3) is 0 Å². The van der Waals surface area contributed by atoms with E-state index in [0.29, 0.717) is 6.54 Å². The summed E-state index contributed by atoms with van der Waals surface area (Å²) in [6.07, 6.45) is -0.308. The maximum Gasteiger partial charge on any atom is 0.0684 e. The number of hydrogen-bond donors (Lipinski definition) is 2. The van der Waals surface area contributed by atoms with Crippen molar-refractivity contribution in [3.63, 3.8) is 0 Å². The first-order chi connectivity index (χ1) is 6.09. The zero-order valence-corrected chi connectivity index (χ0v) is 10.00. The Kier molecular flexibility index (Phi) is 3.99. The molecule has 2 N–H and O–H groups in total. The van der Waals surface area contributed by atoms with Crippen molar-refractivity contribution in [3.05, 3.63) is 27.3 Å². The van der Waals surface area contributed by atoms with Crippen molar-refractivity contribution in [2.45, 2.75) is 20.0 Å². The van der Waals surface area contributed by atoms with E-state index in [1.54, 1.807) is 6.92 Å². The molecule has 0 radical (unpaired) electrons. The number of halogens is 1. The van der Waals surface area contributed by atoms with Crippen LogP contribution in [0.3, 0.4) is 0 Å². The molecule has 1 aromatic carbocycles. The summed E-state index contributed by atoms with van der Waals surface area (Å²) < 4.78 is 1.20. The van der Waals surface area contributed by atoms with Crippen LogP contribution in [0.1, 0.15) is 12.5 Å². The van der Waals surface area contributed by atoms with Gasteiger partial charge in [0, 0.05) is 15.8 Å². The number of benzene rings is 1. The van der Waals surface area contributed by atoms with Crippen LogP contribution >= 0.6 is 22.6 Å². The van der Waals surface area contributed by atoms with Crippen molar-refractivity contribution < 1.29 is 5.11 Å². The minimum atomic E-state index is -0.308. The lowest BCUT2D eigenvalue weighted by Crippen LogP contribution is -2.15. The highest BCUT2D eigenvalue weighted by atomic mass is 127. The summed E-state index contributed by atoms with van der Waals surface area (Å²) in [7, 11) is 0. The predicted octanol–water partition coefficient (Wildman–Crippen LogP) is 2.39. The third kappa shape index (κ3) is 3.52. The normalized spacial score (nSPS) is 12.6. The summed E-state index contributed by atoms with van der Waals surface area (Å²) in [5.74, 6) is 0. The molecule has 0 unspecified atom stereocenters. The second-order valence-corrected chi connectivity index (χ2v) is 4.43. The van der Waals surface area contributed by atoms with E-state index >= 15 is 0 Å². The molecule has 0 aliphatic carbocycles. The smallest absolute Gasteiger partial charge is 0.0684 e. The van der Waals surface area contributed by atoms with Gasteiger partial charge >= 0.3 is 0 Å². The highest BCUT2D eigenvalue weighted by molar-refractivity contribution is 14.1. The summed E-state index contributed by atoms with van der Waals surface area (Å²) in [5.41, 5.74) is 2.31. The molecule has 0 heterocycles. The van der Waals surface area contributed by atoms with E-state index < -0.39 is 0 Å². The van der Waals surface area contributed by atoms with E-state index in [1.165, 1.54) is 9.13 Å². The highest BCUT2D eigenvalue weighted by Crippen LogP contribution is 2.17. The Morgan fingerprint density at radius 3 is 2.85 bits per heavy atom. The van der Waals surface area contributed by atoms with Crippen LogP contribution in [0.5, 0.6) is 0 Å². The molecule has 0 bridgehead atoms. The summed E-state index contributed by atoms with van der Waals surface area (Å²) in [4.78, 5) is 0. The van der Waals surface area contributed by atoms with Crippen molar-refractivity contribution in [1.29, 1.82) is 0 Å². The third-order valence-corrected chi connectivity index (χ3v) is 2.46. The van der Waals surface area contributed by atoms with Crippen molar-refractivity contribution >= 4 is 28.3 Å². The van der Waals surface area contributed by atoms with Crippen molar-refractivity contribution in [2.75, 3.05) is 11.9 Å². The first-order valence-electron chi connectivity index (χ1n) is 4.27. The SMILES string of the molecule is Cc1ccc(I)cc1NC[C@@H](C)O. The fraction of sp³-hybridized carbons (Fsp3) is 0.400. The molecule has 0 amide bonds. The van der Waals surface area contributed by atoms with Crippen LogP contribution in [0, 0.1) is 10.5 Å². The zero-order chi connectivity index (χ0) is 9.84. The molecule has 0 spiro atoms. The first-order valence-corrected chi connectivity index (χ1v) is 5.35. The van der Waals surface area contributed by atoms with Crippen LogP contribution in [-0.4, -0.2) is 17.8 Å². The molecular formula is C10H14INO. The van der Waals surface area contributed by atoms with Crippen molar-refractivity contribution in [3.8, 4) is 0 Å². The Hall–Kier alpha value is -0.290. The minimum Gasteiger partial charge on any atom is -0.392 e. The van der Waals surface area contributed by atoms with Crippen molar-refractivity contribution in [1.82, 2.24) is 0 Å². The second kappa shape index (κ2) is 4.81. The van der Waals surface area contributed by atoms with Gasteiger partial charge < -0.3 is 10.4 Å². The Balaban J connectivity index is 2.70. The number of aryl methyl sites for hydroxylation is 1.